The number of carbonyl (C=O) groups is 2. The third kappa shape index (κ3) is 5.70. The van der Waals surface area contributed by atoms with Crippen molar-refractivity contribution < 1.29 is 9.59 Å². The van der Waals surface area contributed by atoms with Crippen molar-refractivity contribution in [3.8, 4) is 0 Å². The molecule has 1 rings (SSSR count). The second kappa shape index (κ2) is 8.55. The van der Waals surface area contributed by atoms with Crippen molar-refractivity contribution in [2.75, 3.05) is 6.54 Å². The van der Waals surface area contributed by atoms with E-state index in [0.717, 1.165) is 12.0 Å². The summed E-state index contributed by atoms with van der Waals surface area (Å²) in [7, 11) is 0. The van der Waals surface area contributed by atoms with E-state index in [4.69, 9.17) is 23.2 Å². The zero-order chi connectivity index (χ0) is 17.6. The first-order valence-electron chi connectivity index (χ1n) is 7.71. The van der Waals surface area contributed by atoms with E-state index in [2.05, 4.69) is 10.6 Å². The highest BCUT2D eigenvalue weighted by molar-refractivity contribution is 6.35. The normalized spacial score (nSPS) is 12.6. The molecule has 1 atom stereocenters. The summed E-state index contributed by atoms with van der Waals surface area (Å²) < 4.78 is 0. The molecule has 0 radical (unpaired) electrons. The third-order valence-electron chi connectivity index (χ3n) is 3.82. The highest BCUT2D eigenvalue weighted by Crippen LogP contribution is 2.21. The molecular weight excluding hydrogens is 335 g/mol. The number of amides is 2. The Bertz CT molecular complexity index is 574. The standard InChI is InChI=1S/C17H24Cl2N2O2/c1-5-11(2)21-16(23)17(3,4)15(22)20-9-8-12-6-7-13(18)10-14(12)19/h6-7,10-11H,5,8-9H2,1-4H3,(H,20,22)(H,21,23). The molecule has 0 aliphatic heterocycles. The summed E-state index contributed by atoms with van der Waals surface area (Å²) in [5.74, 6) is -0.572. The molecule has 6 heteroatoms. The molecule has 0 saturated carbocycles. The Hall–Kier alpha value is -1.26. The Morgan fingerprint density at radius 1 is 1.22 bits per heavy atom. The maximum Gasteiger partial charge on any atom is 0.235 e. The van der Waals surface area contributed by atoms with Crippen LogP contribution in [0.3, 0.4) is 0 Å². The highest BCUT2D eigenvalue weighted by Gasteiger charge is 2.36. The summed E-state index contributed by atoms with van der Waals surface area (Å²) in [6.45, 7) is 7.53. The predicted octanol–water partition coefficient (Wildman–Crippen LogP) is 3.59. The van der Waals surface area contributed by atoms with E-state index in [1.165, 1.54) is 0 Å². The fourth-order valence-corrected chi connectivity index (χ4v) is 2.37. The number of carbonyl (C=O) groups excluding carboxylic acids is 2. The van der Waals surface area contributed by atoms with Crippen LogP contribution in [0, 0.1) is 5.41 Å². The van der Waals surface area contributed by atoms with Gasteiger partial charge in [-0.15, -0.1) is 0 Å². The monoisotopic (exact) mass is 358 g/mol. The minimum atomic E-state index is -1.12. The quantitative estimate of drug-likeness (QED) is 0.731. The number of hydrogen-bond acceptors (Lipinski definition) is 2. The van der Waals surface area contributed by atoms with Crippen molar-refractivity contribution in [3.05, 3.63) is 33.8 Å². The lowest BCUT2D eigenvalue weighted by Gasteiger charge is -2.24. The molecule has 2 amide bonds. The van der Waals surface area contributed by atoms with Gasteiger partial charge in [0.1, 0.15) is 5.41 Å². The molecule has 23 heavy (non-hydrogen) atoms. The number of halogens is 2. The average Bonchev–Trinajstić information content (AvgIpc) is 2.48. The summed E-state index contributed by atoms with van der Waals surface area (Å²) in [4.78, 5) is 24.5. The van der Waals surface area contributed by atoms with Gasteiger partial charge in [-0.2, -0.15) is 0 Å². The van der Waals surface area contributed by atoms with Crippen LogP contribution < -0.4 is 10.6 Å². The van der Waals surface area contributed by atoms with Gasteiger partial charge in [0.25, 0.3) is 0 Å². The van der Waals surface area contributed by atoms with E-state index in [9.17, 15) is 9.59 Å². The van der Waals surface area contributed by atoms with Gasteiger partial charge in [-0.3, -0.25) is 9.59 Å². The Kier molecular flexibility index (Phi) is 7.36. The van der Waals surface area contributed by atoms with Crippen molar-refractivity contribution >= 4 is 35.0 Å². The van der Waals surface area contributed by atoms with Crippen molar-refractivity contribution in [1.82, 2.24) is 10.6 Å². The van der Waals surface area contributed by atoms with Crippen molar-refractivity contribution in [1.29, 1.82) is 0 Å². The molecule has 1 aromatic rings. The maximum atomic E-state index is 12.3. The van der Waals surface area contributed by atoms with Crippen LogP contribution >= 0.6 is 23.2 Å². The molecule has 0 spiro atoms. The first-order valence-corrected chi connectivity index (χ1v) is 8.47. The fourth-order valence-electron chi connectivity index (χ4n) is 1.87. The van der Waals surface area contributed by atoms with Crippen LogP contribution in [-0.4, -0.2) is 24.4 Å². The zero-order valence-corrected chi connectivity index (χ0v) is 15.5. The van der Waals surface area contributed by atoms with Crippen LogP contribution in [0.25, 0.3) is 0 Å². The van der Waals surface area contributed by atoms with Crippen LogP contribution in [-0.2, 0) is 16.0 Å². The third-order valence-corrected chi connectivity index (χ3v) is 4.41. The molecule has 0 aliphatic rings. The lowest BCUT2D eigenvalue weighted by molar-refractivity contribution is -0.141. The minimum Gasteiger partial charge on any atom is -0.355 e. The number of rotatable bonds is 7. The van der Waals surface area contributed by atoms with E-state index in [1.807, 2.05) is 19.9 Å². The summed E-state index contributed by atoms with van der Waals surface area (Å²) >= 11 is 11.9. The van der Waals surface area contributed by atoms with Gasteiger partial charge in [0.05, 0.1) is 0 Å². The lowest BCUT2D eigenvalue weighted by Crippen LogP contribution is -2.50. The molecule has 4 nitrogen and oxygen atoms in total. The first kappa shape index (κ1) is 19.8. The average molecular weight is 359 g/mol. The summed E-state index contributed by atoms with van der Waals surface area (Å²) in [6.07, 6.45) is 1.39. The van der Waals surface area contributed by atoms with E-state index in [0.29, 0.717) is 23.0 Å². The van der Waals surface area contributed by atoms with E-state index in [-0.39, 0.29) is 17.9 Å². The van der Waals surface area contributed by atoms with Crippen LogP contribution in [0.2, 0.25) is 10.0 Å². The van der Waals surface area contributed by atoms with Crippen LogP contribution in [0.4, 0.5) is 0 Å². The van der Waals surface area contributed by atoms with Gasteiger partial charge in [0.15, 0.2) is 0 Å². The Labute approximate surface area is 147 Å². The van der Waals surface area contributed by atoms with E-state index in [1.54, 1.807) is 26.0 Å². The molecule has 0 heterocycles. The number of hydrogen-bond donors (Lipinski definition) is 2. The smallest absolute Gasteiger partial charge is 0.235 e. The van der Waals surface area contributed by atoms with Gasteiger partial charge in [0, 0.05) is 22.6 Å². The fraction of sp³-hybridized carbons (Fsp3) is 0.529. The number of nitrogens with one attached hydrogen (secondary N) is 2. The van der Waals surface area contributed by atoms with Gasteiger partial charge in [-0.25, -0.2) is 0 Å². The van der Waals surface area contributed by atoms with Crippen LogP contribution in [0.1, 0.15) is 39.7 Å². The maximum absolute atomic E-state index is 12.3. The molecule has 0 saturated heterocycles. The minimum absolute atomic E-state index is 0.0439. The van der Waals surface area contributed by atoms with Gasteiger partial charge < -0.3 is 10.6 Å². The van der Waals surface area contributed by atoms with Gasteiger partial charge in [0.2, 0.25) is 11.8 Å². The van der Waals surface area contributed by atoms with Gasteiger partial charge in [-0.05, 0) is 51.3 Å². The summed E-state index contributed by atoms with van der Waals surface area (Å²) in [5, 5.41) is 6.78. The van der Waals surface area contributed by atoms with Crippen LogP contribution in [0.5, 0.6) is 0 Å². The molecule has 1 unspecified atom stereocenters. The lowest BCUT2D eigenvalue weighted by atomic mass is 9.90. The molecule has 0 aliphatic carbocycles. The molecule has 128 valence electrons. The predicted molar refractivity (Wildman–Crippen MR) is 94.9 cm³/mol. The number of benzene rings is 1. The second-order valence-corrected chi connectivity index (χ2v) is 6.99. The largest absolute Gasteiger partial charge is 0.355 e. The van der Waals surface area contributed by atoms with Gasteiger partial charge in [-0.1, -0.05) is 36.2 Å². The molecule has 2 N–H and O–H groups in total. The second-order valence-electron chi connectivity index (χ2n) is 6.15. The Balaban J connectivity index is 2.56. The molecule has 0 fully saturated rings. The summed E-state index contributed by atoms with van der Waals surface area (Å²) in [6, 6.07) is 5.30. The summed E-state index contributed by atoms with van der Waals surface area (Å²) in [5.41, 5.74) is -0.217. The molecule has 0 bridgehead atoms. The topological polar surface area (TPSA) is 58.2 Å². The first-order chi connectivity index (χ1) is 10.7. The van der Waals surface area contributed by atoms with E-state index < -0.39 is 5.41 Å². The Morgan fingerprint density at radius 2 is 1.87 bits per heavy atom. The van der Waals surface area contributed by atoms with Crippen molar-refractivity contribution in [2.24, 2.45) is 5.41 Å². The molecular formula is C17H24Cl2N2O2. The molecule has 0 aromatic heterocycles. The Morgan fingerprint density at radius 3 is 2.43 bits per heavy atom. The molecule has 1 aromatic carbocycles. The highest BCUT2D eigenvalue weighted by atomic mass is 35.5. The van der Waals surface area contributed by atoms with Crippen molar-refractivity contribution in [2.45, 2.75) is 46.6 Å². The van der Waals surface area contributed by atoms with Crippen LogP contribution in [0.15, 0.2) is 18.2 Å². The van der Waals surface area contributed by atoms with Crippen molar-refractivity contribution in [3.63, 3.8) is 0 Å². The SMILES string of the molecule is CCC(C)NC(=O)C(C)(C)C(=O)NCCc1ccc(Cl)cc1Cl. The van der Waals surface area contributed by atoms with E-state index >= 15 is 0 Å². The zero-order valence-electron chi connectivity index (χ0n) is 14.0. The van der Waals surface area contributed by atoms with Gasteiger partial charge >= 0.3 is 0 Å².